The Labute approximate surface area is 195 Å². The van der Waals surface area contributed by atoms with Crippen LogP contribution in [0.1, 0.15) is 56.7 Å². The van der Waals surface area contributed by atoms with Crippen LogP contribution >= 0.6 is 0 Å². The third kappa shape index (κ3) is 2.78. The average Bonchev–Trinajstić information content (AvgIpc) is 2.71. The van der Waals surface area contributed by atoms with Crippen LogP contribution < -0.4 is 11.5 Å². The Balaban J connectivity index is 2.06. The second-order valence-electron chi connectivity index (χ2n) is 10.4. The van der Waals surface area contributed by atoms with E-state index >= 15 is 0 Å². The molecule has 10 heteroatoms. The maximum absolute atomic E-state index is 13.6. The number of hydrogen-bond donors (Lipinski definition) is 7. The molecule has 0 unspecified atom stereocenters. The number of amides is 1. The number of rotatable bonds is 1. The molecule has 1 fully saturated rings. The van der Waals surface area contributed by atoms with Crippen LogP contribution in [-0.2, 0) is 19.8 Å². The van der Waals surface area contributed by atoms with E-state index in [-0.39, 0.29) is 17.0 Å². The lowest BCUT2D eigenvalue weighted by Gasteiger charge is -2.50. The number of fused-ring (bicyclic) bond motifs is 3. The molecule has 0 saturated heterocycles. The third-order valence-electron chi connectivity index (χ3n) is 7.44. The normalized spacial score (nSPS) is 31.2. The van der Waals surface area contributed by atoms with E-state index in [2.05, 4.69) is 0 Å². The topological polar surface area (TPSA) is 204 Å². The average molecular weight is 472 g/mol. The minimum atomic E-state index is -2.86. The van der Waals surface area contributed by atoms with Gasteiger partial charge in [0.2, 0.25) is 5.78 Å². The first kappa shape index (κ1) is 23.8. The molecule has 1 saturated carbocycles. The molecule has 1 aromatic rings. The van der Waals surface area contributed by atoms with Gasteiger partial charge in [0.05, 0.1) is 11.7 Å². The fraction of sp³-hybridized carbons (Fsp3) is 0.458. The molecule has 0 aliphatic heterocycles. The Bertz CT molecular complexity index is 1240. The van der Waals surface area contributed by atoms with Gasteiger partial charge in [-0.1, -0.05) is 27.7 Å². The number of anilines is 1. The lowest BCUT2D eigenvalue weighted by atomic mass is 9.55. The second-order valence-corrected chi connectivity index (χ2v) is 10.4. The lowest BCUT2D eigenvalue weighted by molar-refractivity contribution is -0.160. The van der Waals surface area contributed by atoms with Crippen molar-refractivity contribution in [3.63, 3.8) is 0 Å². The number of nitrogens with two attached hydrogens (primary N) is 2. The van der Waals surface area contributed by atoms with Gasteiger partial charge in [-0.3, -0.25) is 14.4 Å². The van der Waals surface area contributed by atoms with Gasteiger partial charge in [0.25, 0.3) is 5.91 Å². The fourth-order valence-corrected chi connectivity index (χ4v) is 5.76. The summed E-state index contributed by atoms with van der Waals surface area (Å²) in [6.45, 7) is 7.11. The number of carbonyl (C=O) groups excluding carboxylic acids is 3. The van der Waals surface area contributed by atoms with Gasteiger partial charge >= 0.3 is 0 Å². The highest BCUT2D eigenvalue weighted by molar-refractivity contribution is 6.23. The zero-order valence-corrected chi connectivity index (χ0v) is 19.2. The maximum Gasteiger partial charge on any atom is 0.255 e. The van der Waals surface area contributed by atoms with E-state index in [1.807, 2.05) is 20.8 Å². The summed E-state index contributed by atoms with van der Waals surface area (Å²) in [6.07, 6.45) is -2.22. The zero-order valence-electron chi connectivity index (χ0n) is 19.2. The number of phenols is 1. The Kier molecular flexibility index (Phi) is 4.94. The fourth-order valence-electron chi connectivity index (χ4n) is 5.76. The number of hydrogen-bond acceptors (Lipinski definition) is 9. The van der Waals surface area contributed by atoms with Crippen LogP contribution in [0.2, 0.25) is 0 Å². The van der Waals surface area contributed by atoms with Crippen molar-refractivity contribution in [2.24, 2.45) is 17.6 Å². The van der Waals surface area contributed by atoms with Crippen molar-refractivity contribution < 1.29 is 39.9 Å². The second kappa shape index (κ2) is 7.07. The summed E-state index contributed by atoms with van der Waals surface area (Å²) >= 11 is 0. The Morgan fingerprint density at radius 1 is 1.18 bits per heavy atom. The van der Waals surface area contributed by atoms with Gasteiger partial charge in [0, 0.05) is 35.1 Å². The van der Waals surface area contributed by atoms with Crippen molar-refractivity contribution >= 4 is 28.9 Å². The Hall–Kier alpha value is -3.37. The number of ketones is 2. The first-order chi connectivity index (χ1) is 15.6. The molecular weight excluding hydrogens is 444 g/mol. The molecular formula is C24H28N2O8. The van der Waals surface area contributed by atoms with Gasteiger partial charge in [-0.25, -0.2) is 0 Å². The third-order valence-corrected chi connectivity index (χ3v) is 7.44. The number of aliphatic hydroxyl groups is 4. The summed E-state index contributed by atoms with van der Waals surface area (Å²) in [7, 11) is 0. The summed E-state index contributed by atoms with van der Waals surface area (Å²) in [5.74, 6) is -9.02. The molecule has 0 bridgehead atoms. The number of nitrogen functional groups attached to an aromatic ring is 1. The Morgan fingerprint density at radius 3 is 2.29 bits per heavy atom. The van der Waals surface area contributed by atoms with Crippen molar-refractivity contribution in [2.45, 2.75) is 57.2 Å². The van der Waals surface area contributed by atoms with Gasteiger partial charge in [-0.15, -0.1) is 0 Å². The number of aliphatic hydroxyl groups excluding tert-OH is 3. The molecule has 4 rings (SSSR count). The predicted octanol–water partition coefficient (Wildman–Crippen LogP) is 0.835. The molecule has 3 aliphatic rings. The SMILES string of the molecule is C[C@H]1c2c(N)cc(C(C)(C)C)c(O)c2C(O)=C2C(=O)[C@]3(O)C(O)=C(C(N)=O)C(=O)C[C@@H]3[C@@H](O)[C@@H]21. The molecule has 0 spiro atoms. The van der Waals surface area contributed by atoms with E-state index in [0.29, 0.717) is 11.1 Å². The predicted molar refractivity (Wildman–Crippen MR) is 121 cm³/mol. The highest BCUT2D eigenvalue weighted by Gasteiger charge is 2.65. The number of aromatic hydroxyl groups is 1. The maximum atomic E-state index is 13.6. The molecule has 0 radical (unpaired) electrons. The van der Waals surface area contributed by atoms with Gasteiger partial charge in [-0.2, -0.15) is 0 Å². The van der Waals surface area contributed by atoms with E-state index < -0.39 is 81.4 Å². The first-order valence-corrected chi connectivity index (χ1v) is 10.9. The van der Waals surface area contributed by atoms with Crippen LogP contribution in [0.3, 0.4) is 0 Å². The summed E-state index contributed by atoms with van der Waals surface area (Å²) in [6, 6.07) is 1.58. The molecule has 3 aliphatic carbocycles. The quantitative estimate of drug-likeness (QED) is 0.175. The highest BCUT2D eigenvalue weighted by atomic mass is 16.4. The largest absolute Gasteiger partial charge is 0.508 e. The van der Waals surface area contributed by atoms with Gasteiger partial charge in [-0.05, 0) is 23.0 Å². The summed E-state index contributed by atoms with van der Waals surface area (Å²) < 4.78 is 0. The molecule has 182 valence electrons. The Morgan fingerprint density at radius 2 is 1.76 bits per heavy atom. The minimum absolute atomic E-state index is 0.100. The van der Waals surface area contributed by atoms with Crippen molar-refractivity contribution in [1.29, 1.82) is 0 Å². The lowest BCUT2D eigenvalue weighted by Crippen LogP contribution is -2.64. The minimum Gasteiger partial charge on any atom is -0.508 e. The van der Waals surface area contributed by atoms with Crippen LogP contribution in [0.5, 0.6) is 5.75 Å². The van der Waals surface area contributed by atoms with Crippen LogP contribution in [0.15, 0.2) is 23.0 Å². The van der Waals surface area contributed by atoms with Crippen LogP contribution in [-0.4, -0.2) is 54.7 Å². The number of primary amides is 1. The van der Waals surface area contributed by atoms with Crippen LogP contribution in [0.25, 0.3) is 5.76 Å². The van der Waals surface area contributed by atoms with E-state index in [1.54, 1.807) is 13.0 Å². The van der Waals surface area contributed by atoms with Crippen molar-refractivity contribution in [3.05, 3.63) is 39.7 Å². The summed E-state index contributed by atoms with van der Waals surface area (Å²) in [5.41, 5.74) is 7.52. The van der Waals surface area contributed by atoms with Crippen molar-refractivity contribution in [3.8, 4) is 5.75 Å². The molecule has 0 heterocycles. The van der Waals surface area contributed by atoms with Crippen molar-refractivity contribution in [2.75, 3.05) is 5.73 Å². The molecule has 9 N–H and O–H groups in total. The summed E-state index contributed by atoms with van der Waals surface area (Å²) in [4.78, 5) is 37.9. The van der Waals surface area contributed by atoms with Crippen molar-refractivity contribution in [1.82, 2.24) is 0 Å². The standard InChI is InChI=1S/C24H28N2O8/c1-7-12-10(25)5-8(23(2,3)4)17(28)15(12)19(30)16-13(7)18(29)9-6-11(27)14(22(26)33)20(31)24(9,34)21(16)32/h5,7,9,13,18,28-31,34H,6,25H2,1-4H3,(H2,26,33)/t7-,9+,13+,18+,24+/m0/s1. The smallest absolute Gasteiger partial charge is 0.255 e. The van der Waals surface area contributed by atoms with Crippen LogP contribution in [0, 0.1) is 11.8 Å². The number of benzene rings is 1. The summed E-state index contributed by atoms with van der Waals surface area (Å²) in [5, 5.41) is 55.5. The van der Waals surface area contributed by atoms with E-state index in [1.165, 1.54) is 0 Å². The van der Waals surface area contributed by atoms with Gasteiger partial charge in [0.15, 0.2) is 11.4 Å². The molecule has 5 atom stereocenters. The molecule has 1 aromatic carbocycles. The highest BCUT2D eigenvalue weighted by Crippen LogP contribution is 2.57. The number of Topliss-reactive ketones (excluding diaryl/α,β-unsaturated/α-hetero) is 2. The number of carbonyl (C=O) groups is 3. The molecule has 34 heavy (non-hydrogen) atoms. The molecule has 1 amide bonds. The molecule has 10 nitrogen and oxygen atoms in total. The van der Waals surface area contributed by atoms with E-state index in [0.717, 1.165) is 0 Å². The van der Waals surface area contributed by atoms with E-state index in [9.17, 15) is 39.9 Å². The molecule has 0 aromatic heterocycles. The van der Waals surface area contributed by atoms with Gasteiger partial charge in [0.1, 0.15) is 22.8 Å². The number of phenolic OH excluding ortho intramolecular Hbond substituents is 1. The first-order valence-electron chi connectivity index (χ1n) is 10.9. The van der Waals surface area contributed by atoms with E-state index in [4.69, 9.17) is 11.5 Å². The van der Waals surface area contributed by atoms with Gasteiger partial charge < -0.3 is 37.0 Å². The monoisotopic (exact) mass is 472 g/mol. The van der Waals surface area contributed by atoms with Crippen LogP contribution in [0.4, 0.5) is 5.69 Å². The zero-order chi connectivity index (χ0) is 25.7.